The van der Waals surface area contributed by atoms with Gasteiger partial charge in [0.25, 0.3) is 5.91 Å². The van der Waals surface area contributed by atoms with Gasteiger partial charge in [0.05, 0.1) is 13.2 Å². The Morgan fingerprint density at radius 3 is 2.86 bits per heavy atom. The summed E-state index contributed by atoms with van der Waals surface area (Å²) >= 11 is 7.71. The summed E-state index contributed by atoms with van der Waals surface area (Å²) in [6.45, 7) is 7.02. The molecule has 1 N–H and O–H groups in total. The highest BCUT2D eigenvalue weighted by atomic mass is 35.5. The Kier molecular flexibility index (Phi) is 7.53. The molecule has 1 aliphatic heterocycles. The van der Waals surface area contributed by atoms with Crippen LogP contribution in [-0.4, -0.2) is 48.2 Å². The highest BCUT2D eigenvalue weighted by Crippen LogP contribution is 2.25. The van der Waals surface area contributed by atoms with Crippen LogP contribution in [0.25, 0.3) is 0 Å². The molecule has 1 atom stereocenters. The van der Waals surface area contributed by atoms with E-state index in [1.807, 2.05) is 38.1 Å². The lowest BCUT2D eigenvalue weighted by atomic mass is 10.1. The van der Waals surface area contributed by atoms with Gasteiger partial charge < -0.3 is 15.0 Å². The van der Waals surface area contributed by atoms with Crippen molar-refractivity contribution >= 4 is 35.1 Å². The number of aromatic nitrogens is 2. The van der Waals surface area contributed by atoms with Crippen molar-refractivity contribution < 1.29 is 9.53 Å². The summed E-state index contributed by atoms with van der Waals surface area (Å²) in [7, 11) is 0. The average Bonchev–Trinajstić information content (AvgIpc) is 2.72. The molecule has 0 saturated carbocycles. The summed E-state index contributed by atoms with van der Waals surface area (Å²) in [5.41, 5.74) is 1.71. The number of ether oxygens (including phenoxy) is 1. The van der Waals surface area contributed by atoms with Crippen LogP contribution in [-0.2, 0) is 10.5 Å². The summed E-state index contributed by atoms with van der Waals surface area (Å²) in [5.74, 6) is 1.44. The molecule has 0 bridgehead atoms. The number of benzene rings is 1. The van der Waals surface area contributed by atoms with Crippen molar-refractivity contribution in [1.29, 1.82) is 0 Å². The minimum atomic E-state index is -0.0465. The normalized spacial score (nSPS) is 15.3. The molecule has 0 radical (unpaired) electrons. The molecule has 1 saturated heterocycles. The molecule has 1 amide bonds. The molecule has 6 nitrogen and oxygen atoms in total. The number of nitrogens with zero attached hydrogens (tertiary/aromatic N) is 3. The van der Waals surface area contributed by atoms with E-state index in [0.717, 1.165) is 30.9 Å². The molecular weight excluding hydrogens is 396 g/mol. The number of morpholine rings is 1. The highest BCUT2D eigenvalue weighted by Gasteiger charge is 2.15. The van der Waals surface area contributed by atoms with E-state index >= 15 is 0 Å². The van der Waals surface area contributed by atoms with Crippen molar-refractivity contribution in [2.45, 2.75) is 37.2 Å². The molecule has 0 spiro atoms. The van der Waals surface area contributed by atoms with Crippen LogP contribution in [0.15, 0.2) is 35.5 Å². The second-order valence-corrected chi connectivity index (χ2v) is 8.03. The Balaban J connectivity index is 1.66. The number of amides is 1. The van der Waals surface area contributed by atoms with Crippen molar-refractivity contribution in [3.63, 3.8) is 0 Å². The topological polar surface area (TPSA) is 67.4 Å². The zero-order chi connectivity index (χ0) is 19.9. The monoisotopic (exact) mass is 420 g/mol. The predicted molar refractivity (Wildman–Crippen MR) is 113 cm³/mol. The lowest BCUT2D eigenvalue weighted by Gasteiger charge is -2.27. The number of hydrogen-bond donors (Lipinski definition) is 1. The molecule has 1 aliphatic rings. The minimum absolute atomic E-state index is 0.0465. The summed E-state index contributed by atoms with van der Waals surface area (Å²) in [6, 6.07) is 9.59. The SMILES string of the molecule is CCC(C)NC(=O)c1cccc(CSc2nc(Cl)cc(N3CCOCC3)n2)c1. The third kappa shape index (κ3) is 5.83. The van der Waals surface area contributed by atoms with Gasteiger partial charge in [-0.15, -0.1) is 0 Å². The average molecular weight is 421 g/mol. The van der Waals surface area contributed by atoms with Gasteiger partial charge >= 0.3 is 0 Å². The Labute approximate surface area is 175 Å². The van der Waals surface area contributed by atoms with E-state index < -0.39 is 0 Å². The molecule has 150 valence electrons. The zero-order valence-electron chi connectivity index (χ0n) is 16.2. The van der Waals surface area contributed by atoms with Crippen LogP contribution >= 0.6 is 23.4 Å². The van der Waals surface area contributed by atoms with Crippen LogP contribution in [0.3, 0.4) is 0 Å². The van der Waals surface area contributed by atoms with Crippen molar-refractivity contribution in [2.75, 3.05) is 31.2 Å². The smallest absolute Gasteiger partial charge is 0.251 e. The van der Waals surface area contributed by atoms with Crippen molar-refractivity contribution in [1.82, 2.24) is 15.3 Å². The number of hydrogen-bond acceptors (Lipinski definition) is 6. The van der Waals surface area contributed by atoms with Gasteiger partial charge in [0.1, 0.15) is 11.0 Å². The number of anilines is 1. The van der Waals surface area contributed by atoms with Gasteiger partial charge in [-0.3, -0.25) is 4.79 Å². The largest absolute Gasteiger partial charge is 0.378 e. The predicted octanol–water partition coefficient (Wildman–Crippen LogP) is 3.79. The van der Waals surface area contributed by atoms with E-state index in [1.165, 1.54) is 11.8 Å². The van der Waals surface area contributed by atoms with Crippen LogP contribution in [0.5, 0.6) is 0 Å². The van der Waals surface area contributed by atoms with Crippen LogP contribution < -0.4 is 10.2 Å². The standard InChI is InChI=1S/C20H25ClN4O2S/c1-3-14(2)22-19(26)16-6-4-5-15(11-16)13-28-20-23-17(21)12-18(24-20)25-7-9-27-10-8-25/h4-6,11-12,14H,3,7-10,13H2,1-2H3,(H,22,26). The first kappa shape index (κ1) is 20.9. The first-order valence-corrected chi connectivity index (χ1v) is 10.8. The fourth-order valence-electron chi connectivity index (χ4n) is 2.76. The number of nitrogens with one attached hydrogen (secondary N) is 1. The molecule has 1 unspecified atom stereocenters. The van der Waals surface area contributed by atoms with Gasteiger partial charge in [0.15, 0.2) is 5.16 Å². The van der Waals surface area contributed by atoms with Gasteiger partial charge in [0, 0.05) is 36.5 Å². The quantitative estimate of drug-likeness (QED) is 0.417. The first-order chi connectivity index (χ1) is 13.5. The molecule has 0 aliphatic carbocycles. The van der Waals surface area contributed by atoms with Gasteiger partial charge in [0.2, 0.25) is 0 Å². The maximum Gasteiger partial charge on any atom is 0.251 e. The Morgan fingerprint density at radius 2 is 2.11 bits per heavy atom. The molecule has 2 heterocycles. The maximum absolute atomic E-state index is 12.3. The van der Waals surface area contributed by atoms with Crippen LogP contribution in [0.4, 0.5) is 5.82 Å². The molecule has 3 rings (SSSR count). The van der Waals surface area contributed by atoms with Crippen molar-refractivity contribution in [3.8, 4) is 0 Å². The van der Waals surface area contributed by atoms with Crippen LogP contribution in [0, 0.1) is 0 Å². The fraction of sp³-hybridized carbons (Fsp3) is 0.450. The summed E-state index contributed by atoms with van der Waals surface area (Å²) in [4.78, 5) is 23.5. The minimum Gasteiger partial charge on any atom is -0.378 e. The number of thioether (sulfide) groups is 1. The third-order valence-corrected chi connectivity index (χ3v) is 5.65. The Bertz CT molecular complexity index is 815. The molecular formula is C20H25ClN4O2S. The van der Waals surface area contributed by atoms with E-state index in [1.54, 1.807) is 6.07 Å². The van der Waals surface area contributed by atoms with Gasteiger partial charge in [-0.2, -0.15) is 0 Å². The second kappa shape index (κ2) is 10.1. The van der Waals surface area contributed by atoms with E-state index in [9.17, 15) is 4.79 Å². The van der Waals surface area contributed by atoms with Gasteiger partial charge in [-0.05, 0) is 31.0 Å². The van der Waals surface area contributed by atoms with Gasteiger partial charge in [-0.25, -0.2) is 9.97 Å². The molecule has 8 heteroatoms. The molecule has 2 aromatic rings. The van der Waals surface area contributed by atoms with Crippen LogP contribution in [0.1, 0.15) is 36.2 Å². The number of rotatable bonds is 7. The number of carbonyl (C=O) groups is 1. The maximum atomic E-state index is 12.3. The summed E-state index contributed by atoms with van der Waals surface area (Å²) in [5, 5.41) is 4.05. The second-order valence-electron chi connectivity index (χ2n) is 6.70. The van der Waals surface area contributed by atoms with E-state index in [2.05, 4.69) is 20.2 Å². The number of carbonyl (C=O) groups excluding carboxylic acids is 1. The van der Waals surface area contributed by atoms with E-state index in [0.29, 0.717) is 34.8 Å². The third-order valence-electron chi connectivity index (χ3n) is 4.54. The Hall–Kier alpha value is -1.83. The fourth-order valence-corrected chi connectivity index (χ4v) is 3.79. The zero-order valence-corrected chi connectivity index (χ0v) is 17.7. The highest BCUT2D eigenvalue weighted by molar-refractivity contribution is 7.98. The lowest BCUT2D eigenvalue weighted by Crippen LogP contribution is -2.36. The van der Waals surface area contributed by atoms with Crippen LogP contribution in [0.2, 0.25) is 5.15 Å². The molecule has 28 heavy (non-hydrogen) atoms. The van der Waals surface area contributed by atoms with E-state index in [-0.39, 0.29) is 11.9 Å². The molecule has 1 aromatic carbocycles. The Morgan fingerprint density at radius 1 is 1.32 bits per heavy atom. The summed E-state index contributed by atoms with van der Waals surface area (Å²) in [6.07, 6.45) is 0.902. The van der Waals surface area contributed by atoms with Gasteiger partial charge in [-0.1, -0.05) is 42.4 Å². The van der Waals surface area contributed by atoms with Crippen molar-refractivity contribution in [3.05, 3.63) is 46.6 Å². The number of halogens is 1. The molecule has 1 aromatic heterocycles. The lowest BCUT2D eigenvalue weighted by molar-refractivity contribution is 0.0939. The first-order valence-electron chi connectivity index (χ1n) is 9.45. The van der Waals surface area contributed by atoms with E-state index in [4.69, 9.17) is 16.3 Å². The molecule has 1 fully saturated rings. The van der Waals surface area contributed by atoms with Crippen molar-refractivity contribution in [2.24, 2.45) is 0 Å². The summed E-state index contributed by atoms with van der Waals surface area (Å²) < 4.78 is 5.39.